The highest BCUT2D eigenvalue weighted by Crippen LogP contribution is 2.21. The van der Waals surface area contributed by atoms with E-state index >= 15 is 0 Å². The number of thiophene rings is 1. The second-order valence-electron chi connectivity index (χ2n) is 6.04. The summed E-state index contributed by atoms with van der Waals surface area (Å²) in [6.07, 6.45) is 2.29. The second kappa shape index (κ2) is 8.49. The van der Waals surface area contributed by atoms with E-state index in [9.17, 15) is 4.79 Å². The van der Waals surface area contributed by atoms with E-state index < -0.39 is 0 Å². The van der Waals surface area contributed by atoms with E-state index in [2.05, 4.69) is 36.5 Å². The van der Waals surface area contributed by atoms with Crippen molar-refractivity contribution in [2.45, 2.75) is 19.4 Å². The maximum Gasteiger partial charge on any atom is 0.227 e. The highest BCUT2D eigenvalue weighted by atomic mass is 79.9. The minimum Gasteiger partial charge on any atom is -0.339 e. The van der Waals surface area contributed by atoms with Crippen LogP contribution in [0.15, 0.2) is 63.0 Å². The van der Waals surface area contributed by atoms with E-state index in [1.165, 1.54) is 0 Å². The fourth-order valence-electron chi connectivity index (χ4n) is 2.66. The number of benzene rings is 1. The predicted octanol–water partition coefficient (Wildman–Crippen LogP) is 4.38. The van der Waals surface area contributed by atoms with Crippen LogP contribution in [0, 0.1) is 0 Å². The third kappa shape index (κ3) is 4.55. The van der Waals surface area contributed by atoms with E-state index in [-0.39, 0.29) is 12.3 Å². The molecule has 0 fully saturated rings. The van der Waals surface area contributed by atoms with Crippen LogP contribution in [0.3, 0.4) is 0 Å². The Bertz CT molecular complexity index is 1070. The summed E-state index contributed by atoms with van der Waals surface area (Å²) >= 11 is 5.01. The first kappa shape index (κ1) is 18.6. The zero-order chi connectivity index (χ0) is 19.3. The minimum absolute atomic E-state index is 0.133. The van der Waals surface area contributed by atoms with Crippen molar-refractivity contribution in [2.75, 3.05) is 5.32 Å². The number of amides is 1. The molecule has 28 heavy (non-hydrogen) atoms. The fraction of sp³-hybridized carbons (Fsp3) is 0.158. The monoisotopic (exact) mass is 457 g/mol. The zero-order valence-electron chi connectivity index (χ0n) is 14.7. The molecule has 3 aromatic heterocycles. The molecule has 0 radical (unpaired) electrons. The summed E-state index contributed by atoms with van der Waals surface area (Å²) < 4.78 is 7.99. The number of carbonyl (C=O) groups excluding carboxylic acids is 1. The van der Waals surface area contributed by atoms with Gasteiger partial charge in [0, 0.05) is 23.4 Å². The number of carbonyl (C=O) groups is 1. The van der Waals surface area contributed by atoms with Crippen LogP contribution in [0.2, 0.25) is 0 Å². The van der Waals surface area contributed by atoms with Gasteiger partial charge in [-0.2, -0.15) is 10.1 Å². The van der Waals surface area contributed by atoms with Crippen LogP contribution in [0.1, 0.15) is 17.9 Å². The smallest absolute Gasteiger partial charge is 0.227 e. The summed E-state index contributed by atoms with van der Waals surface area (Å²) in [7, 11) is 0. The maximum absolute atomic E-state index is 12.3. The number of aryl methyl sites for hydroxylation is 1. The average molecular weight is 458 g/mol. The summed E-state index contributed by atoms with van der Waals surface area (Å²) in [4.78, 5) is 17.6. The highest BCUT2D eigenvalue weighted by molar-refractivity contribution is 9.10. The third-order valence-electron chi connectivity index (χ3n) is 3.98. The molecule has 0 saturated carbocycles. The van der Waals surface area contributed by atoms with Crippen LogP contribution in [-0.4, -0.2) is 25.8 Å². The Morgan fingerprint density at radius 2 is 2.18 bits per heavy atom. The molecular formula is C19H16BrN5O2S. The molecule has 142 valence electrons. The number of hydrogen-bond acceptors (Lipinski definition) is 6. The Hall–Kier alpha value is -2.78. The van der Waals surface area contributed by atoms with Crippen LogP contribution >= 0.6 is 27.3 Å². The molecule has 0 saturated heterocycles. The Morgan fingerprint density at radius 3 is 3.00 bits per heavy atom. The molecule has 0 aliphatic heterocycles. The maximum atomic E-state index is 12.3. The molecule has 1 amide bonds. The van der Waals surface area contributed by atoms with E-state index in [1.54, 1.807) is 28.3 Å². The lowest BCUT2D eigenvalue weighted by molar-refractivity contribution is -0.116. The lowest BCUT2D eigenvalue weighted by atomic mass is 10.2. The Labute approximate surface area is 173 Å². The topological polar surface area (TPSA) is 85.8 Å². The van der Waals surface area contributed by atoms with E-state index in [0.29, 0.717) is 30.5 Å². The molecule has 0 spiro atoms. The minimum atomic E-state index is -0.133. The third-order valence-corrected chi connectivity index (χ3v) is 5.34. The Balaban J connectivity index is 1.34. The van der Waals surface area contributed by atoms with Gasteiger partial charge in [-0.3, -0.25) is 4.79 Å². The molecule has 3 heterocycles. The summed E-state index contributed by atoms with van der Waals surface area (Å²) in [6.45, 7) is 0.565. The number of nitrogens with one attached hydrogen (secondary N) is 1. The fourth-order valence-corrected chi connectivity index (χ4v) is 3.76. The molecule has 0 aliphatic rings. The van der Waals surface area contributed by atoms with Gasteiger partial charge in [-0.25, -0.2) is 4.68 Å². The summed E-state index contributed by atoms with van der Waals surface area (Å²) in [5.74, 6) is 1.51. The molecule has 0 aliphatic carbocycles. The summed E-state index contributed by atoms with van der Waals surface area (Å²) in [5.41, 5.74) is 1.08. The standard InChI is InChI=1S/C19H16BrN5O2S/c20-14-4-1-3-13(11-14)12-25-16(8-9-21-25)22-17(26)6-7-18-23-19(24-27-18)15-5-2-10-28-15/h1-5,8-11H,6-7,12H2,(H,22,26). The van der Waals surface area contributed by atoms with Gasteiger partial charge >= 0.3 is 0 Å². The van der Waals surface area contributed by atoms with Crippen molar-refractivity contribution >= 4 is 39.0 Å². The second-order valence-corrected chi connectivity index (χ2v) is 7.90. The number of halogens is 1. The van der Waals surface area contributed by atoms with Crippen LogP contribution in [0.5, 0.6) is 0 Å². The lowest BCUT2D eigenvalue weighted by Gasteiger charge is -2.09. The van der Waals surface area contributed by atoms with Crippen molar-refractivity contribution in [3.63, 3.8) is 0 Å². The Morgan fingerprint density at radius 1 is 1.25 bits per heavy atom. The van der Waals surface area contributed by atoms with Gasteiger partial charge in [-0.15, -0.1) is 11.3 Å². The highest BCUT2D eigenvalue weighted by Gasteiger charge is 2.13. The molecule has 0 unspecified atom stereocenters. The number of rotatable bonds is 7. The average Bonchev–Trinajstić information content (AvgIpc) is 3.42. The molecular weight excluding hydrogens is 442 g/mol. The first-order chi connectivity index (χ1) is 13.7. The lowest BCUT2D eigenvalue weighted by Crippen LogP contribution is -2.16. The zero-order valence-corrected chi connectivity index (χ0v) is 17.1. The van der Waals surface area contributed by atoms with Gasteiger partial charge in [-0.05, 0) is 29.1 Å². The predicted molar refractivity (Wildman–Crippen MR) is 110 cm³/mol. The molecule has 0 bridgehead atoms. The number of aromatic nitrogens is 4. The van der Waals surface area contributed by atoms with Crippen molar-refractivity contribution in [1.29, 1.82) is 0 Å². The molecule has 4 rings (SSSR count). The molecule has 1 aromatic carbocycles. The van der Waals surface area contributed by atoms with Crippen molar-refractivity contribution < 1.29 is 9.32 Å². The van der Waals surface area contributed by atoms with Gasteiger partial charge in [-0.1, -0.05) is 39.3 Å². The number of anilines is 1. The number of hydrogen-bond donors (Lipinski definition) is 1. The van der Waals surface area contributed by atoms with E-state index in [4.69, 9.17) is 4.52 Å². The van der Waals surface area contributed by atoms with Gasteiger partial charge in [0.2, 0.25) is 17.6 Å². The van der Waals surface area contributed by atoms with Crippen molar-refractivity contribution in [3.8, 4) is 10.7 Å². The first-order valence-corrected chi connectivity index (χ1v) is 10.3. The van der Waals surface area contributed by atoms with Crippen LogP contribution < -0.4 is 5.32 Å². The van der Waals surface area contributed by atoms with E-state index in [0.717, 1.165) is 14.9 Å². The van der Waals surface area contributed by atoms with Gasteiger partial charge in [0.15, 0.2) is 0 Å². The summed E-state index contributed by atoms with van der Waals surface area (Å²) in [6, 6.07) is 13.6. The van der Waals surface area contributed by atoms with Gasteiger partial charge in [0.1, 0.15) is 5.82 Å². The largest absolute Gasteiger partial charge is 0.339 e. The molecule has 1 N–H and O–H groups in total. The molecule has 7 nitrogen and oxygen atoms in total. The molecule has 4 aromatic rings. The van der Waals surface area contributed by atoms with Crippen LogP contribution in [-0.2, 0) is 17.8 Å². The molecule has 0 atom stereocenters. The molecule has 9 heteroatoms. The Kier molecular flexibility index (Phi) is 5.63. The number of nitrogens with zero attached hydrogens (tertiary/aromatic N) is 4. The van der Waals surface area contributed by atoms with E-state index in [1.807, 2.05) is 41.8 Å². The van der Waals surface area contributed by atoms with Gasteiger partial charge < -0.3 is 9.84 Å². The summed E-state index contributed by atoms with van der Waals surface area (Å²) in [5, 5.41) is 13.1. The van der Waals surface area contributed by atoms with Crippen molar-refractivity contribution in [3.05, 3.63) is 70.0 Å². The van der Waals surface area contributed by atoms with Gasteiger partial charge in [0.25, 0.3) is 0 Å². The van der Waals surface area contributed by atoms with Gasteiger partial charge in [0.05, 0.1) is 17.6 Å². The normalized spacial score (nSPS) is 10.9. The van der Waals surface area contributed by atoms with Crippen LogP contribution in [0.4, 0.5) is 5.82 Å². The van der Waals surface area contributed by atoms with Crippen molar-refractivity contribution in [2.24, 2.45) is 0 Å². The van der Waals surface area contributed by atoms with Crippen LogP contribution in [0.25, 0.3) is 10.7 Å². The van der Waals surface area contributed by atoms with Crippen molar-refractivity contribution in [1.82, 2.24) is 19.9 Å². The quantitative estimate of drug-likeness (QED) is 0.444. The SMILES string of the molecule is O=C(CCc1nc(-c2cccs2)no1)Nc1ccnn1Cc1cccc(Br)c1. The first-order valence-electron chi connectivity index (χ1n) is 8.60.